The normalized spacial score (nSPS) is 14.5. The van der Waals surface area contributed by atoms with E-state index >= 15 is 0 Å². The first-order chi connectivity index (χ1) is 8.58. The largest absolute Gasteiger partial charge is 0.493 e. The predicted molar refractivity (Wildman–Crippen MR) is 61.6 cm³/mol. The van der Waals surface area contributed by atoms with Gasteiger partial charge in [-0.05, 0) is 23.8 Å². The SMILES string of the molecule is O=C(NCC(O)C(=O)O)c1ccc2c(c1)CCO2. The van der Waals surface area contributed by atoms with Gasteiger partial charge in [-0.1, -0.05) is 0 Å². The first-order valence-corrected chi connectivity index (χ1v) is 5.52. The molecular weight excluding hydrogens is 238 g/mol. The molecule has 0 radical (unpaired) electrons. The Hall–Kier alpha value is -2.08. The molecule has 1 aliphatic heterocycles. The van der Waals surface area contributed by atoms with Crippen LogP contribution in [0.25, 0.3) is 0 Å². The van der Waals surface area contributed by atoms with Gasteiger partial charge in [0.15, 0.2) is 6.10 Å². The molecule has 1 atom stereocenters. The number of fused-ring (bicyclic) bond motifs is 1. The summed E-state index contributed by atoms with van der Waals surface area (Å²) in [6, 6.07) is 5.03. The smallest absolute Gasteiger partial charge is 0.334 e. The van der Waals surface area contributed by atoms with Crippen LogP contribution in [-0.2, 0) is 11.2 Å². The van der Waals surface area contributed by atoms with Crippen LogP contribution in [0.1, 0.15) is 15.9 Å². The van der Waals surface area contributed by atoms with Crippen LogP contribution in [0.3, 0.4) is 0 Å². The van der Waals surface area contributed by atoms with Gasteiger partial charge in [-0.25, -0.2) is 4.79 Å². The molecule has 0 aromatic heterocycles. The lowest BCUT2D eigenvalue weighted by molar-refractivity contribution is -0.146. The van der Waals surface area contributed by atoms with Crippen molar-refractivity contribution < 1.29 is 24.5 Å². The van der Waals surface area contributed by atoms with Crippen LogP contribution in [0.4, 0.5) is 0 Å². The Morgan fingerprint density at radius 1 is 1.44 bits per heavy atom. The summed E-state index contributed by atoms with van der Waals surface area (Å²) < 4.78 is 5.31. The predicted octanol–water partition coefficient (Wildman–Crippen LogP) is -0.203. The van der Waals surface area contributed by atoms with Gasteiger partial charge in [0, 0.05) is 12.0 Å². The van der Waals surface area contributed by atoms with Gasteiger partial charge in [0.2, 0.25) is 0 Å². The summed E-state index contributed by atoms with van der Waals surface area (Å²) >= 11 is 0. The number of rotatable bonds is 4. The fraction of sp³-hybridized carbons (Fsp3) is 0.333. The van der Waals surface area contributed by atoms with E-state index in [1.165, 1.54) is 0 Å². The number of carbonyl (C=O) groups excluding carboxylic acids is 1. The van der Waals surface area contributed by atoms with Crippen LogP contribution >= 0.6 is 0 Å². The summed E-state index contributed by atoms with van der Waals surface area (Å²) in [5.41, 5.74) is 1.39. The van der Waals surface area contributed by atoms with Crippen LogP contribution in [0.2, 0.25) is 0 Å². The van der Waals surface area contributed by atoms with Crippen molar-refractivity contribution in [2.24, 2.45) is 0 Å². The molecule has 0 bridgehead atoms. The van der Waals surface area contributed by atoms with Crippen molar-refractivity contribution in [1.82, 2.24) is 5.32 Å². The van der Waals surface area contributed by atoms with Crippen LogP contribution in [0.15, 0.2) is 18.2 Å². The maximum absolute atomic E-state index is 11.7. The van der Waals surface area contributed by atoms with E-state index < -0.39 is 18.0 Å². The minimum Gasteiger partial charge on any atom is -0.493 e. The average Bonchev–Trinajstić information content (AvgIpc) is 2.82. The van der Waals surface area contributed by atoms with Crippen LogP contribution in [0, 0.1) is 0 Å². The maximum atomic E-state index is 11.7. The molecule has 0 aliphatic carbocycles. The number of aliphatic hydroxyl groups is 1. The van der Waals surface area contributed by atoms with Crippen molar-refractivity contribution in [3.8, 4) is 5.75 Å². The number of carboxylic acids is 1. The molecule has 0 saturated carbocycles. The van der Waals surface area contributed by atoms with Crippen molar-refractivity contribution in [3.05, 3.63) is 29.3 Å². The van der Waals surface area contributed by atoms with E-state index in [0.717, 1.165) is 17.7 Å². The summed E-state index contributed by atoms with van der Waals surface area (Å²) in [5.74, 6) is -1.00. The van der Waals surface area contributed by atoms with Gasteiger partial charge >= 0.3 is 5.97 Å². The number of amides is 1. The summed E-state index contributed by atoms with van der Waals surface area (Å²) in [5, 5.41) is 19.9. The average molecular weight is 251 g/mol. The standard InChI is InChI=1S/C12H13NO5/c14-9(12(16)17)6-13-11(15)8-1-2-10-7(5-8)3-4-18-10/h1-2,5,9,14H,3-4,6H2,(H,13,15)(H,16,17). The van der Waals surface area contributed by atoms with Gasteiger partial charge in [0.25, 0.3) is 5.91 Å². The van der Waals surface area contributed by atoms with Gasteiger partial charge in [-0.2, -0.15) is 0 Å². The molecule has 6 nitrogen and oxygen atoms in total. The Bertz CT molecular complexity index is 485. The lowest BCUT2D eigenvalue weighted by Crippen LogP contribution is -2.36. The maximum Gasteiger partial charge on any atom is 0.334 e. The molecule has 3 N–H and O–H groups in total. The number of hydrogen-bond donors (Lipinski definition) is 3. The van der Waals surface area contributed by atoms with Gasteiger partial charge in [-0.15, -0.1) is 0 Å². The zero-order chi connectivity index (χ0) is 13.1. The lowest BCUT2D eigenvalue weighted by Gasteiger charge is -2.08. The van der Waals surface area contributed by atoms with E-state index in [-0.39, 0.29) is 6.54 Å². The first kappa shape index (κ1) is 12.4. The molecule has 96 valence electrons. The van der Waals surface area contributed by atoms with E-state index in [1.807, 2.05) is 0 Å². The van der Waals surface area contributed by atoms with E-state index in [0.29, 0.717) is 12.2 Å². The van der Waals surface area contributed by atoms with Crippen LogP contribution in [0.5, 0.6) is 5.75 Å². The number of aliphatic carboxylic acids is 1. The van der Waals surface area contributed by atoms with Crippen molar-refractivity contribution >= 4 is 11.9 Å². The molecule has 1 aromatic carbocycles. The molecule has 1 aromatic rings. The number of nitrogens with one attached hydrogen (secondary N) is 1. The van der Waals surface area contributed by atoms with Crippen LogP contribution in [-0.4, -0.2) is 41.3 Å². The van der Waals surface area contributed by atoms with E-state index in [1.54, 1.807) is 18.2 Å². The highest BCUT2D eigenvalue weighted by atomic mass is 16.5. The zero-order valence-corrected chi connectivity index (χ0v) is 9.55. The number of aliphatic hydroxyl groups excluding tert-OH is 1. The number of ether oxygens (including phenoxy) is 1. The number of carboxylic acid groups (broad SMARTS) is 1. The summed E-state index contributed by atoms with van der Waals surface area (Å²) in [6.07, 6.45) is -0.833. The Balaban J connectivity index is 1.99. The Morgan fingerprint density at radius 2 is 2.22 bits per heavy atom. The van der Waals surface area contributed by atoms with Gasteiger partial charge in [-0.3, -0.25) is 4.79 Å². The van der Waals surface area contributed by atoms with Crippen molar-refractivity contribution in [1.29, 1.82) is 0 Å². The Labute approximate surface area is 103 Å². The third kappa shape index (κ3) is 2.60. The fourth-order valence-corrected chi connectivity index (χ4v) is 1.71. The number of hydrogen-bond acceptors (Lipinski definition) is 4. The molecular formula is C12H13NO5. The monoisotopic (exact) mass is 251 g/mol. The van der Waals surface area contributed by atoms with Gasteiger partial charge < -0.3 is 20.3 Å². The molecule has 0 fully saturated rings. The quantitative estimate of drug-likeness (QED) is 0.688. The summed E-state index contributed by atoms with van der Waals surface area (Å²) in [7, 11) is 0. The third-order valence-corrected chi connectivity index (χ3v) is 2.69. The second kappa shape index (κ2) is 5.05. The lowest BCUT2D eigenvalue weighted by atomic mass is 10.1. The number of carbonyl (C=O) groups is 2. The number of benzene rings is 1. The highest BCUT2D eigenvalue weighted by molar-refractivity contribution is 5.94. The van der Waals surface area contributed by atoms with Crippen molar-refractivity contribution in [2.45, 2.75) is 12.5 Å². The molecule has 1 heterocycles. The molecule has 2 rings (SSSR count). The fourth-order valence-electron chi connectivity index (χ4n) is 1.71. The molecule has 1 unspecified atom stereocenters. The molecule has 1 aliphatic rings. The zero-order valence-electron chi connectivity index (χ0n) is 9.55. The molecule has 6 heteroatoms. The highest BCUT2D eigenvalue weighted by Gasteiger charge is 2.17. The molecule has 18 heavy (non-hydrogen) atoms. The second-order valence-corrected chi connectivity index (χ2v) is 3.99. The minimum absolute atomic E-state index is 0.318. The summed E-state index contributed by atoms with van der Waals surface area (Å²) in [6.45, 7) is 0.292. The summed E-state index contributed by atoms with van der Waals surface area (Å²) in [4.78, 5) is 22.1. The van der Waals surface area contributed by atoms with Crippen molar-refractivity contribution in [2.75, 3.05) is 13.2 Å². The second-order valence-electron chi connectivity index (χ2n) is 3.99. The minimum atomic E-state index is -1.59. The van der Waals surface area contributed by atoms with Crippen LogP contribution < -0.4 is 10.1 Å². The molecule has 1 amide bonds. The van der Waals surface area contributed by atoms with E-state index in [2.05, 4.69) is 5.32 Å². The Morgan fingerprint density at radius 3 is 2.94 bits per heavy atom. The molecule has 0 saturated heterocycles. The van der Waals surface area contributed by atoms with E-state index in [4.69, 9.17) is 14.9 Å². The van der Waals surface area contributed by atoms with Gasteiger partial charge in [0.05, 0.1) is 13.2 Å². The topological polar surface area (TPSA) is 95.9 Å². The van der Waals surface area contributed by atoms with E-state index in [9.17, 15) is 9.59 Å². The van der Waals surface area contributed by atoms with Crippen molar-refractivity contribution in [3.63, 3.8) is 0 Å². The Kier molecular flexibility index (Phi) is 3.47. The third-order valence-electron chi connectivity index (χ3n) is 2.69. The highest BCUT2D eigenvalue weighted by Crippen LogP contribution is 2.25. The molecule has 0 spiro atoms. The van der Waals surface area contributed by atoms with Gasteiger partial charge in [0.1, 0.15) is 5.75 Å². The first-order valence-electron chi connectivity index (χ1n) is 5.52.